The maximum Gasteiger partial charge on any atom is 0.258 e. The van der Waals surface area contributed by atoms with Crippen molar-refractivity contribution in [2.24, 2.45) is 0 Å². The van der Waals surface area contributed by atoms with Crippen LogP contribution in [0.1, 0.15) is 19.5 Å². The van der Waals surface area contributed by atoms with Gasteiger partial charge in [-0.2, -0.15) is 4.98 Å². The molecule has 0 unspecified atom stereocenters. The van der Waals surface area contributed by atoms with Gasteiger partial charge in [0.05, 0.1) is 19.8 Å². The lowest BCUT2D eigenvalue weighted by molar-refractivity contribution is 0.355. The van der Waals surface area contributed by atoms with Gasteiger partial charge in [-0.25, -0.2) is 4.98 Å². The molecule has 142 valence electrons. The van der Waals surface area contributed by atoms with Crippen LogP contribution >= 0.6 is 0 Å². The third-order valence-corrected chi connectivity index (χ3v) is 4.34. The van der Waals surface area contributed by atoms with Gasteiger partial charge in [0, 0.05) is 24.3 Å². The predicted octanol–water partition coefficient (Wildman–Crippen LogP) is 3.97. The lowest BCUT2D eigenvalue weighted by Crippen LogP contribution is -2.23. The van der Waals surface area contributed by atoms with Crippen LogP contribution in [0.4, 0.5) is 5.82 Å². The van der Waals surface area contributed by atoms with E-state index < -0.39 is 0 Å². The lowest BCUT2D eigenvalue weighted by atomic mass is 10.1. The molecule has 0 aliphatic rings. The average molecular weight is 368 g/mol. The van der Waals surface area contributed by atoms with E-state index in [4.69, 9.17) is 14.0 Å². The molecule has 0 spiro atoms. The molecule has 7 heteroatoms. The first-order valence-corrected chi connectivity index (χ1v) is 8.90. The average Bonchev–Trinajstić information content (AvgIpc) is 3.18. The number of anilines is 1. The van der Waals surface area contributed by atoms with Crippen molar-refractivity contribution in [1.82, 2.24) is 15.1 Å². The van der Waals surface area contributed by atoms with Gasteiger partial charge in [-0.1, -0.05) is 11.2 Å². The van der Waals surface area contributed by atoms with Crippen LogP contribution in [0.25, 0.3) is 22.8 Å². The molecule has 3 aromatic rings. The van der Waals surface area contributed by atoms with E-state index in [9.17, 15) is 0 Å². The third kappa shape index (κ3) is 3.72. The van der Waals surface area contributed by atoms with Crippen molar-refractivity contribution < 1.29 is 14.0 Å². The number of pyridine rings is 1. The lowest BCUT2D eigenvalue weighted by Gasteiger charge is -2.20. The number of para-hydroxylation sites is 1. The SMILES string of the molecule is CCN(CC)c1cc(-c2nc(-c3cccc(OC)c3OC)no2)cc(C)n1. The number of aromatic nitrogens is 3. The summed E-state index contributed by atoms with van der Waals surface area (Å²) in [6.45, 7) is 7.92. The molecule has 2 aromatic heterocycles. The fourth-order valence-corrected chi connectivity index (χ4v) is 3.00. The summed E-state index contributed by atoms with van der Waals surface area (Å²) in [6.07, 6.45) is 0. The van der Waals surface area contributed by atoms with E-state index in [2.05, 4.69) is 33.9 Å². The second-order valence-electron chi connectivity index (χ2n) is 5.99. The highest BCUT2D eigenvalue weighted by Crippen LogP contribution is 2.37. The molecule has 0 fully saturated rings. The van der Waals surface area contributed by atoms with Gasteiger partial charge in [-0.05, 0) is 45.0 Å². The highest BCUT2D eigenvalue weighted by Gasteiger charge is 2.18. The van der Waals surface area contributed by atoms with Crippen molar-refractivity contribution in [3.8, 4) is 34.3 Å². The number of methoxy groups -OCH3 is 2. The number of aryl methyl sites for hydroxylation is 1. The van der Waals surface area contributed by atoms with Crippen LogP contribution in [0, 0.1) is 6.92 Å². The highest BCUT2D eigenvalue weighted by atomic mass is 16.5. The van der Waals surface area contributed by atoms with Crippen LogP contribution in [0.5, 0.6) is 11.5 Å². The van der Waals surface area contributed by atoms with Crippen LogP contribution in [-0.2, 0) is 0 Å². The number of benzene rings is 1. The molecular weight excluding hydrogens is 344 g/mol. The van der Waals surface area contributed by atoms with Crippen LogP contribution in [0.2, 0.25) is 0 Å². The fraction of sp³-hybridized carbons (Fsp3) is 0.350. The minimum absolute atomic E-state index is 0.439. The first-order valence-electron chi connectivity index (χ1n) is 8.90. The van der Waals surface area contributed by atoms with Gasteiger partial charge >= 0.3 is 0 Å². The number of nitrogens with zero attached hydrogens (tertiary/aromatic N) is 4. The summed E-state index contributed by atoms with van der Waals surface area (Å²) in [5, 5.41) is 4.14. The molecule has 1 aromatic carbocycles. The molecule has 0 N–H and O–H groups in total. The minimum atomic E-state index is 0.439. The smallest absolute Gasteiger partial charge is 0.258 e. The van der Waals surface area contributed by atoms with E-state index in [1.807, 2.05) is 37.3 Å². The Kier molecular flexibility index (Phi) is 5.59. The second kappa shape index (κ2) is 8.07. The van der Waals surface area contributed by atoms with Gasteiger partial charge in [0.1, 0.15) is 5.82 Å². The van der Waals surface area contributed by atoms with E-state index in [0.717, 1.165) is 30.2 Å². The summed E-state index contributed by atoms with van der Waals surface area (Å²) >= 11 is 0. The van der Waals surface area contributed by atoms with Crippen molar-refractivity contribution >= 4 is 5.82 Å². The first-order chi connectivity index (χ1) is 13.1. The summed E-state index contributed by atoms with van der Waals surface area (Å²) in [7, 11) is 3.18. The van der Waals surface area contributed by atoms with Crippen LogP contribution < -0.4 is 14.4 Å². The Balaban J connectivity index is 2.02. The van der Waals surface area contributed by atoms with E-state index in [-0.39, 0.29) is 0 Å². The summed E-state index contributed by atoms with van der Waals surface area (Å²) in [5.74, 6) is 2.97. The Bertz CT molecular complexity index is 919. The fourth-order valence-electron chi connectivity index (χ4n) is 3.00. The van der Waals surface area contributed by atoms with Crippen molar-refractivity contribution in [3.63, 3.8) is 0 Å². The topological polar surface area (TPSA) is 73.5 Å². The summed E-state index contributed by atoms with van der Waals surface area (Å²) in [5.41, 5.74) is 2.44. The highest BCUT2D eigenvalue weighted by molar-refractivity contribution is 5.70. The van der Waals surface area contributed by atoms with Crippen molar-refractivity contribution in [1.29, 1.82) is 0 Å². The third-order valence-electron chi connectivity index (χ3n) is 4.34. The monoisotopic (exact) mass is 368 g/mol. The summed E-state index contributed by atoms with van der Waals surface area (Å²) in [6, 6.07) is 9.47. The molecule has 0 saturated heterocycles. The normalized spacial score (nSPS) is 10.7. The number of hydrogen-bond donors (Lipinski definition) is 0. The van der Waals surface area contributed by atoms with Gasteiger partial charge in [0.25, 0.3) is 5.89 Å². The van der Waals surface area contributed by atoms with Crippen LogP contribution in [-0.4, -0.2) is 42.4 Å². The van der Waals surface area contributed by atoms with E-state index in [0.29, 0.717) is 28.8 Å². The molecular formula is C20H24N4O3. The molecule has 0 saturated carbocycles. The van der Waals surface area contributed by atoms with Gasteiger partial charge in [0.2, 0.25) is 5.82 Å². The summed E-state index contributed by atoms with van der Waals surface area (Å²) in [4.78, 5) is 11.4. The molecule has 0 bridgehead atoms. The quantitative estimate of drug-likeness (QED) is 0.625. The Morgan fingerprint density at radius 3 is 2.48 bits per heavy atom. The van der Waals surface area contributed by atoms with Crippen LogP contribution in [0.3, 0.4) is 0 Å². The predicted molar refractivity (Wildman–Crippen MR) is 104 cm³/mol. The minimum Gasteiger partial charge on any atom is -0.493 e. The summed E-state index contributed by atoms with van der Waals surface area (Å²) < 4.78 is 16.4. The maximum absolute atomic E-state index is 5.53. The van der Waals surface area contributed by atoms with Gasteiger partial charge in [-0.15, -0.1) is 0 Å². The van der Waals surface area contributed by atoms with Gasteiger partial charge in [-0.3, -0.25) is 0 Å². The molecule has 7 nitrogen and oxygen atoms in total. The Hall–Kier alpha value is -3.09. The molecule has 27 heavy (non-hydrogen) atoms. The van der Waals surface area contributed by atoms with E-state index >= 15 is 0 Å². The standard InChI is InChI=1S/C20H24N4O3/c1-6-24(7-2)17-12-14(11-13(3)21-17)20-22-19(23-27-20)15-9-8-10-16(25-4)18(15)26-5/h8-12H,6-7H2,1-5H3. The molecule has 2 heterocycles. The number of ether oxygens (including phenoxy) is 2. The molecule has 3 rings (SSSR count). The van der Waals surface area contributed by atoms with E-state index in [1.54, 1.807) is 14.2 Å². The Morgan fingerprint density at radius 2 is 1.81 bits per heavy atom. The van der Waals surface area contributed by atoms with Crippen molar-refractivity contribution in [2.75, 3.05) is 32.2 Å². The maximum atomic E-state index is 5.53. The Morgan fingerprint density at radius 1 is 1.04 bits per heavy atom. The zero-order valence-electron chi connectivity index (χ0n) is 16.3. The van der Waals surface area contributed by atoms with Crippen molar-refractivity contribution in [2.45, 2.75) is 20.8 Å². The van der Waals surface area contributed by atoms with Gasteiger partial charge in [0.15, 0.2) is 11.5 Å². The zero-order chi connectivity index (χ0) is 19.4. The molecule has 0 atom stereocenters. The molecule has 0 aliphatic heterocycles. The number of rotatable bonds is 7. The van der Waals surface area contributed by atoms with E-state index in [1.165, 1.54) is 0 Å². The number of hydrogen-bond acceptors (Lipinski definition) is 7. The zero-order valence-corrected chi connectivity index (χ0v) is 16.3. The molecule has 0 aliphatic carbocycles. The molecule has 0 radical (unpaired) electrons. The molecule has 0 amide bonds. The first kappa shape index (κ1) is 18.7. The van der Waals surface area contributed by atoms with Crippen molar-refractivity contribution in [3.05, 3.63) is 36.0 Å². The Labute approximate surface area is 158 Å². The second-order valence-corrected chi connectivity index (χ2v) is 5.99. The largest absolute Gasteiger partial charge is 0.493 e. The van der Waals surface area contributed by atoms with Gasteiger partial charge < -0.3 is 18.9 Å². The van der Waals surface area contributed by atoms with Crippen LogP contribution in [0.15, 0.2) is 34.9 Å².